The Morgan fingerprint density at radius 2 is 2.05 bits per heavy atom. The number of thiazole rings is 1. The van der Waals surface area contributed by atoms with Gasteiger partial charge in [0.15, 0.2) is 0 Å². The van der Waals surface area contributed by atoms with Crippen LogP contribution in [-0.4, -0.2) is 85.5 Å². The maximum atomic E-state index is 13.1. The molecule has 10 nitrogen and oxygen atoms in total. The Morgan fingerprint density at radius 3 is 2.77 bits per heavy atom. The van der Waals surface area contributed by atoms with Crippen LogP contribution in [0, 0.1) is 11.8 Å². The third kappa shape index (κ3) is 4.89. The fourth-order valence-electron chi connectivity index (χ4n) is 5.79. The van der Waals surface area contributed by atoms with Gasteiger partial charge in [-0.05, 0) is 13.3 Å². The van der Waals surface area contributed by atoms with E-state index in [0.717, 1.165) is 15.4 Å². The monoisotopic (exact) mass is 572 g/mol. The lowest BCUT2D eigenvalue weighted by Crippen LogP contribution is -2.63. The van der Waals surface area contributed by atoms with Gasteiger partial charge < -0.3 is 24.4 Å². The number of aliphatic hydroxyl groups excluding tert-OH is 1. The van der Waals surface area contributed by atoms with E-state index in [-0.39, 0.29) is 48.1 Å². The summed E-state index contributed by atoms with van der Waals surface area (Å²) in [5, 5.41) is 12.2. The lowest BCUT2D eigenvalue weighted by molar-refractivity contribution is -0.164. The van der Waals surface area contributed by atoms with Gasteiger partial charge in [-0.2, -0.15) is 0 Å². The van der Waals surface area contributed by atoms with E-state index in [9.17, 15) is 19.5 Å². The second kappa shape index (κ2) is 11.2. The average Bonchev–Trinajstić information content (AvgIpc) is 3.66. The summed E-state index contributed by atoms with van der Waals surface area (Å²) in [6.07, 6.45) is 6.71. The van der Waals surface area contributed by atoms with E-state index >= 15 is 0 Å². The number of thioether (sulfide) groups is 1. The van der Waals surface area contributed by atoms with E-state index in [2.05, 4.69) is 18.1 Å². The van der Waals surface area contributed by atoms with Crippen LogP contribution in [0.25, 0.3) is 4.83 Å². The molecule has 3 aliphatic heterocycles. The molecule has 2 fully saturated rings. The zero-order valence-electron chi connectivity index (χ0n) is 21.9. The maximum Gasteiger partial charge on any atom is 0.410 e. The summed E-state index contributed by atoms with van der Waals surface area (Å²) in [7, 11) is 0. The van der Waals surface area contributed by atoms with Crippen molar-refractivity contribution in [1.29, 1.82) is 0 Å². The van der Waals surface area contributed by atoms with Crippen molar-refractivity contribution in [2.75, 3.05) is 19.8 Å². The molecule has 0 unspecified atom stereocenters. The fourth-order valence-corrected chi connectivity index (χ4v) is 8.17. The molecule has 5 heterocycles. The summed E-state index contributed by atoms with van der Waals surface area (Å²) in [5.74, 6) is -1.60. The number of aliphatic hydroxyl groups is 1. The number of imidazole rings is 1. The first kappa shape index (κ1) is 27.5. The van der Waals surface area contributed by atoms with E-state index in [4.69, 9.17) is 9.47 Å². The number of carbonyl (C=O) groups is 3. The SMILES string of the molecule is C=CCOC(=O)C1=C(S[C@H]2C[C@@H](Cc3ncn4ccsc34)N(C(=O)OCC=C)C2)[C@H](C)[C@@H]2[C@@H]([C@@H](C)O)C(=O)N12. The van der Waals surface area contributed by atoms with E-state index in [1.54, 1.807) is 29.5 Å². The minimum atomic E-state index is -0.828. The van der Waals surface area contributed by atoms with Crippen molar-refractivity contribution in [3.05, 3.63) is 59.5 Å². The van der Waals surface area contributed by atoms with Crippen LogP contribution in [0.3, 0.4) is 0 Å². The van der Waals surface area contributed by atoms with Crippen molar-refractivity contribution < 1.29 is 29.0 Å². The predicted molar refractivity (Wildman–Crippen MR) is 148 cm³/mol. The summed E-state index contributed by atoms with van der Waals surface area (Å²) in [4.78, 5) is 48.7. The van der Waals surface area contributed by atoms with Gasteiger partial charge in [0.05, 0.1) is 23.8 Å². The van der Waals surface area contributed by atoms with E-state index in [0.29, 0.717) is 19.4 Å². The van der Waals surface area contributed by atoms with Crippen molar-refractivity contribution >= 4 is 45.9 Å². The van der Waals surface area contributed by atoms with Crippen molar-refractivity contribution in [3.63, 3.8) is 0 Å². The van der Waals surface area contributed by atoms with Gasteiger partial charge in [0.2, 0.25) is 5.91 Å². The number of fused-ring (bicyclic) bond motifs is 2. The highest BCUT2D eigenvalue weighted by Gasteiger charge is 2.60. The van der Waals surface area contributed by atoms with Crippen LogP contribution >= 0.6 is 23.1 Å². The highest BCUT2D eigenvalue weighted by atomic mass is 32.2. The number of aromatic nitrogens is 2. The third-order valence-electron chi connectivity index (χ3n) is 7.51. The van der Waals surface area contributed by atoms with Gasteiger partial charge in [0, 0.05) is 46.7 Å². The number of nitrogens with zero attached hydrogens (tertiary/aromatic N) is 4. The van der Waals surface area contributed by atoms with Gasteiger partial charge in [-0.15, -0.1) is 23.1 Å². The van der Waals surface area contributed by atoms with Crippen LogP contribution in [0.5, 0.6) is 0 Å². The van der Waals surface area contributed by atoms with Crippen LogP contribution in [0.2, 0.25) is 0 Å². The van der Waals surface area contributed by atoms with Crippen LogP contribution < -0.4 is 0 Å². The Bertz CT molecular complexity index is 1330. The van der Waals surface area contributed by atoms with Gasteiger partial charge in [0.25, 0.3) is 0 Å². The Morgan fingerprint density at radius 1 is 1.31 bits per heavy atom. The molecular formula is C27H32N4O6S2. The normalized spacial score (nSPS) is 26.9. The molecule has 5 rings (SSSR count). The molecule has 0 saturated carbocycles. The largest absolute Gasteiger partial charge is 0.457 e. The minimum Gasteiger partial charge on any atom is -0.457 e. The first-order valence-corrected chi connectivity index (χ1v) is 14.7. The average molecular weight is 573 g/mol. The quantitative estimate of drug-likeness (QED) is 0.262. The lowest BCUT2D eigenvalue weighted by Gasteiger charge is -2.46. The predicted octanol–water partition coefficient (Wildman–Crippen LogP) is 3.24. The second-order valence-corrected chi connectivity index (χ2v) is 12.2. The molecule has 0 aliphatic carbocycles. The Labute approximate surface area is 235 Å². The number of hydrogen-bond acceptors (Lipinski definition) is 9. The molecule has 3 aliphatic rings. The number of β-lactam (4-membered cyclic amide) rings is 1. The van der Waals surface area contributed by atoms with Gasteiger partial charge in [-0.1, -0.05) is 32.2 Å². The highest BCUT2D eigenvalue weighted by molar-refractivity contribution is 8.03. The van der Waals surface area contributed by atoms with Gasteiger partial charge in [0.1, 0.15) is 30.1 Å². The smallest absolute Gasteiger partial charge is 0.410 e. The van der Waals surface area contributed by atoms with Gasteiger partial charge in [-0.3, -0.25) is 9.20 Å². The maximum absolute atomic E-state index is 13.1. The molecule has 208 valence electrons. The van der Waals surface area contributed by atoms with Crippen molar-refractivity contribution in [2.45, 2.75) is 50.1 Å². The number of hydrogen-bond donors (Lipinski definition) is 1. The Kier molecular flexibility index (Phi) is 7.88. The molecular weight excluding hydrogens is 540 g/mol. The van der Waals surface area contributed by atoms with Crippen molar-refractivity contribution in [1.82, 2.24) is 19.2 Å². The second-order valence-electron chi connectivity index (χ2n) is 10.0. The van der Waals surface area contributed by atoms with Crippen LogP contribution in [0.4, 0.5) is 4.79 Å². The fraction of sp³-hybridized carbons (Fsp3) is 0.481. The molecule has 39 heavy (non-hydrogen) atoms. The molecule has 0 spiro atoms. The van der Waals surface area contributed by atoms with E-state index < -0.39 is 24.1 Å². The zero-order chi connectivity index (χ0) is 27.8. The van der Waals surface area contributed by atoms with Gasteiger partial charge in [-0.25, -0.2) is 14.6 Å². The third-order valence-corrected chi connectivity index (χ3v) is 9.93. The molecule has 12 heteroatoms. The summed E-state index contributed by atoms with van der Waals surface area (Å²) < 4.78 is 12.7. The molecule has 2 aromatic heterocycles. The minimum absolute atomic E-state index is 0.0253. The number of amides is 2. The Balaban J connectivity index is 1.41. The highest BCUT2D eigenvalue weighted by Crippen LogP contribution is 2.52. The summed E-state index contributed by atoms with van der Waals surface area (Å²) in [6.45, 7) is 11.4. The lowest BCUT2D eigenvalue weighted by atomic mass is 9.79. The number of rotatable bonds is 10. The number of carbonyl (C=O) groups excluding carboxylic acids is 3. The molecule has 2 saturated heterocycles. The molecule has 2 amide bonds. The summed E-state index contributed by atoms with van der Waals surface area (Å²) >= 11 is 3.11. The number of ether oxygens (including phenoxy) is 2. The standard InChI is InChI=1S/C27H32N4O6S2/c1-5-8-36-26(34)22-23(15(3)21-20(16(4)32)24(33)31(21)22)39-18-11-17(30(13-18)27(35)37-9-6-2)12-19-25-29(14-28-19)7-10-38-25/h5-7,10,14-18,20-21,32H,1-2,8-9,11-13H2,3-4H3/t15-,16-,17+,18+,20-,21-/m1/s1. The van der Waals surface area contributed by atoms with Crippen molar-refractivity contribution in [3.8, 4) is 0 Å². The van der Waals surface area contributed by atoms with E-state index in [1.165, 1.54) is 28.8 Å². The van der Waals surface area contributed by atoms with Gasteiger partial charge >= 0.3 is 12.1 Å². The molecule has 2 aromatic rings. The Hall–Kier alpha value is -3.09. The van der Waals surface area contributed by atoms with Crippen LogP contribution in [0.1, 0.15) is 26.0 Å². The molecule has 1 N–H and O–H groups in total. The van der Waals surface area contributed by atoms with Crippen LogP contribution in [-0.2, 0) is 25.5 Å². The molecule has 0 aromatic carbocycles. The number of esters is 1. The topological polar surface area (TPSA) is 114 Å². The summed E-state index contributed by atoms with van der Waals surface area (Å²) in [5.41, 5.74) is 1.15. The zero-order valence-corrected chi connectivity index (χ0v) is 23.5. The first-order valence-electron chi connectivity index (χ1n) is 12.9. The molecule has 6 atom stereocenters. The summed E-state index contributed by atoms with van der Waals surface area (Å²) in [6, 6.07) is -0.465. The molecule has 0 bridgehead atoms. The first-order chi connectivity index (χ1) is 18.8. The van der Waals surface area contributed by atoms with E-state index in [1.807, 2.05) is 22.9 Å². The van der Waals surface area contributed by atoms with Crippen molar-refractivity contribution in [2.24, 2.45) is 11.8 Å². The number of likely N-dealkylation sites (tertiary alicyclic amines) is 1. The van der Waals surface area contributed by atoms with Crippen LogP contribution in [0.15, 0.2) is 53.8 Å². The molecule has 0 radical (unpaired) electrons.